The van der Waals surface area contributed by atoms with E-state index in [-0.39, 0.29) is 11.9 Å². The Hall–Kier alpha value is -2.18. The van der Waals surface area contributed by atoms with E-state index in [0.29, 0.717) is 13.0 Å². The average molecular weight is 302 g/mol. The molecule has 118 valence electrons. The maximum atomic E-state index is 12.1. The van der Waals surface area contributed by atoms with E-state index in [1.165, 1.54) is 12.8 Å². The van der Waals surface area contributed by atoms with Gasteiger partial charge in [-0.25, -0.2) is 0 Å². The minimum absolute atomic E-state index is 0.00831. The van der Waals surface area contributed by atoms with E-state index < -0.39 is 0 Å². The fourth-order valence-electron chi connectivity index (χ4n) is 2.85. The lowest BCUT2D eigenvalue weighted by atomic mass is 10.2. The summed E-state index contributed by atoms with van der Waals surface area (Å²) in [5, 5.41) is 15.7. The second-order valence-electron chi connectivity index (χ2n) is 5.75. The molecule has 1 unspecified atom stereocenters. The number of fused-ring (bicyclic) bond motifs is 1. The SMILES string of the molecule is CC(NC(=O)CCn1cccn1)c1nnc2n1CCCCC2. The molecule has 3 heterocycles. The van der Waals surface area contributed by atoms with Gasteiger partial charge < -0.3 is 9.88 Å². The van der Waals surface area contributed by atoms with Gasteiger partial charge in [0.05, 0.1) is 6.04 Å². The number of carbonyl (C=O) groups is 1. The fourth-order valence-corrected chi connectivity index (χ4v) is 2.85. The van der Waals surface area contributed by atoms with Gasteiger partial charge in [-0.05, 0) is 25.8 Å². The van der Waals surface area contributed by atoms with Crippen LogP contribution < -0.4 is 5.32 Å². The highest BCUT2D eigenvalue weighted by Gasteiger charge is 2.20. The summed E-state index contributed by atoms with van der Waals surface area (Å²) >= 11 is 0. The van der Waals surface area contributed by atoms with Gasteiger partial charge in [-0.15, -0.1) is 10.2 Å². The number of hydrogen-bond acceptors (Lipinski definition) is 4. The molecule has 0 fully saturated rings. The first kappa shape index (κ1) is 14.7. The number of aromatic nitrogens is 5. The standard InChI is InChI=1S/C15H22N6O/c1-12(17-14(22)7-11-20-9-5-8-16-20)15-19-18-13-6-3-2-4-10-21(13)15/h5,8-9,12H,2-4,6-7,10-11H2,1H3,(H,17,22). The molecule has 1 amide bonds. The molecule has 0 saturated carbocycles. The van der Waals surface area contributed by atoms with Crippen LogP contribution in [0.15, 0.2) is 18.5 Å². The van der Waals surface area contributed by atoms with Gasteiger partial charge in [0.25, 0.3) is 0 Å². The number of hydrogen-bond donors (Lipinski definition) is 1. The van der Waals surface area contributed by atoms with Crippen molar-refractivity contribution < 1.29 is 4.79 Å². The Morgan fingerprint density at radius 2 is 2.27 bits per heavy atom. The van der Waals surface area contributed by atoms with Gasteiger partial charge in [-0.3, -0.25) is 9.48 Å². The van der Waals surface area contributed by atoms with Crippen LogP contribution in [0.3, 0.4) is 0 Å². The molecule has 3 rings (SSSR count). The van der Waals surface area contributed by atoms with Crippen molar-refractivity contribution in [2.45, 2.75) is 58.2 Å². The summed E-state index contributed by atoms with van der Waals surface area (Å²) < 4.78 is 3.93. The van der Waals surface area contributed by atoms with Crippen LogP contribution >= 0.6 is 0 Å². The van der Waals surface area contributed by atoms with Crippen LogP contribution in [0.25, 0.3) is 0 Å². The predicted molar refractivity (Wildman–Crippen MR) is 81.0 cm³/mol. The Labute approximate surface area is 129 Å². The summed E-state index contributed by atoms with van der Waals surface area (Å²) in [4.78, 5) is 12.1. The number of amides is 1. The van der Waals surface area contributed by atoms with E-state index in [2.05, 4.69) is 25.2 Å². The molecule has 0 aliphatic carbocycles. The molecule has 0 bridgehead atoms. The van der Waals surface area contributed by atoms with Crippen molar-refractivity contribution in [3.63, 3.8) is 0 Å². The highest BCUT2D eigenvalue weighted by atomic mass is 16.1. The molecule has 2 aromatic heterocycles. The third kappa shape index (κ3) is 3.35. The quantitative estimate of drug-likeness (QED) is 0.907. The Balaban J connectivity index is 1.58. The van der Waals surface area contributed by atoms with Gasteiger partial charge in [0.1, 0.15) is 5.82 Å². The van der Waals surface area contributed by atoms with E-state index in [4.69, 9.17) is 0 Å². The van der Waals surface area contributed by atoms with E-state index in [0.717, 1.165) is 31.0 Å². The predicted octanol–water partition coefficient (Wildman–Crippen LogP) is 1.47. The van der Waals surface area contributed by atoms with Crippen molar-refractivity contribution in [1.82, 2.24) is 29.9 Å². The van der Waals surface area contributed by atoms with E-state index in [1.807, 2.05) is 19.2 Å². The highest BCUT2D eigenvalue weighted by Crippen LogP contribution is 2.18. The van der Waals surface area contributed by atoms with Crippen LogP contribution in [0.1, 0.15) is 50.3 Å². The van der Waals surface area contributed by atoms with Crippen LogP contribution in [0, 0.1) is 0 Å². The Morgan fingerprint density at radius 1 is 1.36 bits per heavy atom. The molecule has 0 aromatic carbocycles. The molecule has 1 atom stereocenters. The Kier molecular flexibility index (Phi) is 4.50. The van der Waals surface area contributed by atoms with Crippen LogP contribution in [-0.2, 0) is 24.3 Å². The largest absolute Gasteiger partial charge is 0.346 e. The van der Waals surface area contributed by atoms with E-state index in [9.17, 15) is 4.79 Å². The minimum atomic E-state index is -0.121. The lowest BCUT2D eigenvalue weighted by molar-refractivity contribution is -0.122. The summed E-state index contributed by atoms with van der Waals surface area (Å²) in [5.41, 5.74) is 0. The van der Waals surface area contributed by atoms with Gasteiger partial charge in [0.2, 0.25) is 5.91 Å². The molecule has 1 aliphatic heterocycles. The minimum Gasteiger partial charge on any atom is -0.346 e. The maximum Gasteiger partial charge on any atom is 0.222 e. The first-order chi connectivity index (χ1) is 10.7. The van der Waals surface area contributed by atoms with Gasteiger partial charge in [0, 0.05) is 38.3 Å². The van der Waals surface area contributed by atoms with Crippen molar-refractivity contribution in [1.29, 1.82) is 0 Å². The summed E-state index contributed by atoms with van der Waals surface area (Å²) in [5.74, 6) is 1.92. The zero-order chi connectivity index (χ0) is 15.4. The summed E-state index contributed by atoms with van der Waals surface area (Å²) in [6.07, 6.45) is 8.51. The smallest absolute Gasteiger partial charge is 0.222 e. The van der Waals surface area contributed by atoms with Crippen molar-refractivity contribution in [2.24, 2.45) is 0 Å². The van der Waals surface area contributed by atoms with Crippen molar-refractivity contribution >= 4 is 5.91 Å². The molecule has 22 heavy (non-hydrogen) atoms. The lowest BCUT2D eigenvalue weighted by Crippen LogP contribution is -2.29. The average Bonchev–Trinajstić information content (AvgIpc) is 3.10. The second kappa shape index (κ2) is 6.72. The maximum absolute atomic E-state index is 12.1. The molecule has 7 nitrogen and oxygen atoms in total. The number of rotatable bonds is 5. The first-order valence-corrected chi connectivity index (χ1v) is 7.93. The van der Waals surface area contributed by atoms with Crippen molar-refractivity contribution in [2.75, 3.05) is 0 Å². The Morgan fingerprint density at radius 3 is 3.09 bits per heavy atom. The molecule has 0 spiro atoms. The summed E-state index contributed by atoms with van der Waals surface area (Å²) in [6, 6.07) is 1.73. The third-order valence-electron chi connectivity index (χ3n) is 4.03. The molecule has 0 radical (unpaired) electrons. The molecule has 7 heteroatoms. The monoisotopic (exact) mass is 302 g/mol. The molecular formula is C15H22N6O. The van der Waals surface area contributed by atoms with E-state index in [1.54, 1.807) is 10.9 Å². The van der Waals surface area contributed by atoms with Crippen LogP contribution in [0.5, 0.6) is 0 Å². The zero-order valence-corrected chi connectivity index (χ0v) is 12.9. The zero-order valence-electron chi connectivity index (χ0n) is 12.9. The van der Waals surface area contributed by atoms with Gasteiger partial charge in [-0.1, -0.05) is 6.42 Å². The van der Waals surface area contributed by atoms with Crippen LogP contribution in [0.4, 0.5) is 0 Å². The summed E-state index contributed by atoms with van der Waals surface area (Å²) in [7, 11) is 0. The van der Waals surface area contributed by atoms with E-state index >= 15 is 0 Å². The molecule has 1 N–H and O–H groups in total. The summed E-state index contributed by atoms with van der Waals surface area (Å²) in [6.45, 7) is 3.50. The first-order valence-electron chi connectivity index (χ1n) is 7.93. The number of nitrogens with one attached hydrogen (secondary N) is 1. The lowest BCUT2D eigenvalue weighted by Gasteiger charge is -2.15. The van der Waals surface area contributed by atoms with Gasteiger partial charge >= 0.3 is 0 Å². The second-order valence-corrected chi connectivity index (χ2v) is 5.75. The fraction of sp³-hybridized carbons (Fsp3) is 0.600. The highest BCUT2D eigenvalue weighted by molar-refractivity contribution is 5.76. The Bertz CT molecular complexity index is 618. The normalized spacial score (nSPS) is 15.9. The van der Waals surface area contributed by atoms with Crippen molar-refractivity contribution in [3.05, 3.63) is 30.1 Å². The number of nitrogens with zero attached hydrogens (tertiary/aromatic N) is 5. The molecular weight excluding hydrogens is 280 g/mol. The van der Waals surface area contributed by atoms with Crippen LogP contribution in [0.2, 0.25) is 0 Å². The number of aryl methyl sites for hydroxylation is 2. The third-order valence-corrected chi connectivity index (χ3v) is 4.03. The van der Waals surface area contributed by atoms with Crippen molar-refractivity contribution in [3.8, 4) is 0 Å². The molecule has 2 aromatic rings. The van der Waals surface area contributed by atoms with Gasteiger partial charge in [-0.2, -0.15) is 5.10 Å². The molecule has 0 saturated heterocycles. The van der Waals surface area contributed by atoms with Gasteiger partial charge in [0.15, 0.2) is 5.82 Å². The molecule has 1 aliphatic rings. The van der Waals surface area contributed by atoms with Crippen LogP contribution in [-0.4, -0.2) is 30.5 Å². The number of carbonyl (C=O) groups excluding carboxylic acids is 1. The topological polar surface area (TPSA) is 77.6 Å².